The predicted molar refractivity (Wildman–Crippen MR) is 59.3 cm³/mol. The van der Waals surface area contributed by atoms with Gasteiger partial charge in [-0.1, -0.05) is 13.8 Å². The first-order valence-electron chi connectivity index (χ1n) is 5.04. The molecule has 1 aromatic carbocycles. The summed E-state index contributed by atoms with van der Waals surface area (Å²) in [5.74, 6) is -1.26. The lowest BCUT2D eigenvalue weighted by Crippen LogP contribution is -1.95. The zero-order valence-corrected chi connectivity index (χ0v) is 9.04. The number of hydrogen-bond acceptors (Lipinski definition) is 1. The van der Waals surface area contributed by atoms with Crippen LogP contribution >= 0.6 is 0 Å². The van der Waals surface area contributed by atoms with Crippen LogP contribution in [0.4, 0.5) is 4.39 Å². The highest BCUT2D eigenvalue weighted by Crippen LogP contribution is 2.25. The van der Waals surface area contributed by atoms with E-state index in [2.05, 4.69) is 4.98 Å². The molecule has 16 heavy (non-hydrogen) atoms. The second-order valence-corrected chi connectivity index (χ2v) is 4.10. The summed E-state index contributed by atoms with van der Waals surface area (Å²) in [5, 5.41) is 9.39. The number of aromatic carboxylic acids is 1. The van der Waals surface area contributed by atoms with Crippen molar-refractivity contribution in [3.8, 4) is 0 Å². The number of carbonyl (C=O) groups is 1. The summed E-state index contributed by atoms with van der Waals surface area (Å²) in [6.45, 7) is 3.79. The van der Waals surface area contributed by atoms with E-state index in [1.54, 1.807) is 6.07 Å². The molecule has 0 saturated carbocycles. The molecule has 2 N–H and O–H groups in total. The van der Waals surface area contributed by atoms with Gasteiger partial charge in [-0.2, -0.15) is 0 Å². The number of fused-ring (bicyclic) bond motifs is 1. The number of carboxylic acid groups (broad SMARTS) is 1. The smallest absolute Gasteiger partial charge is 0.352 e. The summed E-state index contributed by atoms with van der Waals surface area (Å²) in [4.78, 5) is 13.5. The monoisotopic (exact) mass is 221 g/mol. The van der Waals surface area contributed by atoms with Crippen LogP contribution in [0.1, 0.15) is 35.8 Å². The fraction of sp³-hybridized carbons (Fsp3) is 0.250. The van der Waals surface area contributed by atoms with Gasteiger partial charge in [0.1, 0.15) is 11.5 Å². The molecule has 3 nitrogen and oxygen atoms in total. The SMILES string of the molecule is CC(C)c1cc2[nH]c(C(=O)O)cc2cc1F. The van der Waals surface area contributed by atoms with Gasteiger partial charge >= 0.3 is 5.97 Å². The van der Waals surface area contributed by atoms with E-state index in [1.165, 1.54) is 12.1 Å². The van der Waals surface area contributed by atoms with Crippen molar-refractivity contribution in [2.24, 2.45) is 0 Å². The molecule has 0 amide bonds. The van der Waals surface area contributed by atoms with Gasteiger partial charge in [0.05, 0.1) is 0 Å². The van der Waals surface area contributed by atoms with Gasteiger partial charge in [-0.15, -0.1) is 0 Å². The molecule has 0 fully saturated rings. The van der Waals surface area contributed by atoms with Crippen LogP contribution in [0.25, 0.3) is 10.9 Å². The molecule has 1 heterocycles. The zero-order chi connectivity index (χ0) is 11.9. The summed E-state index contributed by atoms with van der Waals surface area (Å²) >= 11 is 0. The van der Waals surface area contributed by atoms with Gasteiger partial charge in [0.2, 0.25) is 0 Å². The molecule has 2 aromatic rings. The van der Waals surface area contributed by atoms with Gasteiger partial charge in [-0.3, -0.25) is 0 Å². The predicted octanol–water partition coefficient (Wildman–Crippen LogP) is 3.13. The van der Waals surface area contributed by atoms with Gasteiger partial charge in [0.15, 0.2) is 0 Å². The molecule has 0 saturated heterocycles. The number of aromatic nitrogens is 1. The number of aromatic amines is 1. The van der Waals surface area contributed by atoms with Gasteiger partial charge in [-0.05, 0) is 29.7 Å². The van der Waals surface area contributed by atoms with Crippen LogP contribution in [0.3, 0.4) is 0 Å². The summed E-state index contributed by atoms with van der Waals surface area (Å²) < 4.78 is 13.6. The number of rotatable bonds is 2. The average Bonchev–Trinajstić information content (AvgIpc) is 2.58. The van der Waals surface area contributed by atoms with E-state index >= 15 is 0 Å². The molecule has 0 aliphatic heterocycles. The first-order valence-corrected chi connectivity index (χ1v) is 5.04. The first-order chi connectivity index (χ1) is 7.49. The fourth-order valence-corrected chi connectivity index (χ4v) is 1.73. The lowest BCUT2D eigenvalue weighted by Gasteiger charge is -2.06. The normalized spacial score (nSPS) is 11.2. The number of carboxylic acids is 1. The Morgan fingerprint density at radius 2 is 2.06 bits per heavy atom. The molecule has 0 radical (unpaired) electrons. The van der Waals surface area contributed by atoms with Crippen molar-refractivity contribution in [3.05, 3.63) is 35.3 Å². The van der Waals surface area contributed by atoms with E-state index in [9.17, 15) is 9.18 Å². The van der Waals surface area contributed by atoms with Crippen LogP contribution in [0.15, 0.2) is 18.2 Å². The van der Waals surface area contributed by atoms with Crippen LogP contribution < -0.4 is 0 Å². The van der Waals surface area contributed by atoms with Crippen molar-refractivity contribution in [1.29, 1.82) is 0 Å². The van der Waals surface area contributed by atoms with E-state index in [4.69, 9.17) is 5.11 Å². The molecule has 4 heteroatoms. The van der Waals surface area contributed by atoms with Crippen molar-refractivity contribution in [2.75, 3.05) is 0 Å². The highest BCUT2D eigenvalue weighted by atomic mass is 19.1. The Labute approximate surface area is 91.9 Å². The topological polar surface area (TPSA) is 53.1 Å². The van der Waals surface area contributed by atoms with Crippen LogP contribution in [-0.4, -0.2) is 16.1 Å². The first kappa shape index (κ1) is 10.7. The minimum Gasteiger partial charge on any atom is -0.477 e. The summed E-state index contributed by atoms with van der Waals surface area (Å²) in [7, 11) is 0. The molecule has 84 valence electrons. The van der Waals surface area contributed by atoms with Crippen molar-refractivity contribution < 1.29 is 14.3 Å². The lowest BCUT2D eigenvalue weighted by molar-refractivity contribution is 0.0691. The third kappa shape index (κ3) is 1.66. The molecule has 1 aromatic heterocycles. The molecule has 0 bridgehead atoms. The van der Waals surface area contributed by atoms with Gasteiger partial charge in [0.25, 0.3) is 0 Å². The zero-order valence-electron chi connectivity index (χ0n) is 9.04. The van der Waals surface area contributed by atoms with Crippen LogP contribution in [0.2, 0.25) is 0 Å². The minimum atomic E-state index is -1.04. The second-order valence-electron chi connectivity index (χ2n) is 4.10. The average molecular weight is 221 g/mol. The summed E-state index contributed by atoms with van der Waals surface area (Å²) in [6, 6.07) is 4.47. The summed E-state index contributed by atoms with van der Waals surface area (Å²) in [6.07, 6.45) is 0. The van der Waals surface area contributed by atoms with Gasteiger partial charge < -0.3 is 10.1 Å². The number of H-pyrrole nitrogens is 1. The molecular weight excluding hydrogens is 209 g/mol. The fourth-order valence-electron chi connectivity index (χ4n) is 1.73. The Kier molecular flexibility index (Phi) is 2.42. The van der Waals surface area contributed by atoms with Crippen LogP contribution in [0, 0.1) is 5.82 Å². The third-order valence-electron chi connectivity index (χ3n) is 2.59. The van der Waals surface area contributed by atoms with E-state index in [0.717, 1.165) is 0 Å². The highest BCUT2D eigenvalue weighted by molar-refractivity contribution is 5.93. The molecular formula is C12H12FNO2. The largest absolute Gasteiger partial charge is 0.477 e. The maximum Gasteiger partial charge on any atom is 0.352 e. The molecule has 0 aliphatic carbocycles. The Bertz CT molecular complexity index is 557. The third-order valence-corrected chi connectivity index (χ3v) is 2.59. The highest BCUT2D eigenvalue weighted by Gasteiger charge is 2.12. The van der Waals surface area contributed by atoms with Crippen LogP contribution in [0.5, 0.6) is 0 Å². The Morgan fingerprint density at radius 1 is 1.38 bits per heavy atom. The summed E-state index contributed by atoms with van der Waals surface area (Å²) in [5.41, 5.74) is 1.32. The van der Waals surface area contributed by atoms with Crippen molar-refractivity contribution in [2.45, 2.75) is 19.8 Å². The maximum absolute atomic E-state index is 13.6. The van der Waals surface area contributed by atoms with E-state index in [-0.39, 0.29) is 17.4 Å². The molecule has 0 aliphatic rings. The van der Waals surface area contributed by atoms with Crippen molar-refractivity contribution >= 4 is 16.9 Å². The van der Waals surface area contributed by atoms with E-state index in [0.29, 0.717) is 16.5 Å². The minimum absolute atomic E-state index is 0.0704. The molecule has 2 rings (SSSR count). The van der Waals surface area contributed by atoms with Gasteiger partial charge in [0, 0.05) is 10.9 Å². The standard InChI is InChI=1S/C12H12FNO2/c1-6(2)8-5-10-7(3-9(8)13)4-11(14-10)12(15)16/h3-6,14H,1-2H3,(H,15,16). The quantitative estimate of drug-likeness (QED) is 0.818. The Morgan fingerprint density at radius 3 is 2.62 bits per heavy atom. The molecule has 0 atom stereocenters. The number of hydrogen-bond donors (Lipinski definition) is 2. The Hall–Kier alpha value is -1.84. The van der Waals surface area contributed by atoms with Crippen LogP contribution in [-0.2, 0) is 0 Å². The number of benzene rings is 1. The number of nitrogens with one attached hydrogen (secondary N) is 1. The van der Waals surface area contributed by atoms with Crippen molar-refractivity contribution in [1.82, 2.24) is 4.98 Å². The van der Waals surface area contributed by atoms with E-state index < -0.39 is 5.97 Å². The van der Waals surface area contributed by atoms with Crippen molar-refractivity contribution in [3.63, 3.8) is 0 Å². The second kappa shape index (κ2) is 3.63. The Balaban J connectivity index is 2.65. The van der Waals surface area contributed by atoms with Gasteiger partial charge in [-0.25, -0.2) is 9.18 Å². The van der Waals surface area contributed by atoms with E-state index in [1.807, 2.05) is 13.8 Å². The lowest BCUT2D eigenvalue weighted by atomic mass is 10.0. The maximum atomic E-state index is 13.6. The number of halogens is 1. The molecule has 0 unspecified atom stereocenters. The molecule has 0 spiro atoms.